The van der Waals surface area contributed by atoms with Gasteiger partial charge in [0.2, 0.25) is 0 Å². The summed E-state index contributed by atoms with van der Waals surface area (Å²) in [6, 6.07) is 0. The van der Waals surface area contributed by atoms with Gasteiger partial charge in [0.15, 0.2) is 0 Å². The molecule has 0 spiro atoms. The molecule has 1 rings (SSSR count). The van der Waals surface area contributed by atoms with Crippen LogP contribution in [0.1, 0.15) is 54.4 Å². The Kier molecular flexibility index (Phi) is 4.16. The standard InChI is InChI=1S/C13H27NS/c1-12(2,3)14-9-7-8-11(10-14)15-13(4,5)6/h11H,7-10H2,1-6H3. The van der Waals surface area contributed by atoms with E-state index in [1.165, 1.54) is 25.9 Å². The second-order valence-corrected chi connectivity index (χ2v) is 8.74. The second kappa shape index (κ2) is 4.67. The summed E-state index contributed by atoms with van der Waals surface area (Å²) in [5.74, 6) is 0. The maximum atomic E-state index is 2.64. The van der Waals surface area contributed by atoms with E-state index in [0.29, 0.717) is 10.3 Å². The Morgan fingerprint density at radius 1 is 1.07 bits per heavy atom. The highest BCUT2D eigenvalue weighted by Gasteiger charge is 2.30. The van der Waals surface area contributed by atoms with Crippen molar-refractivity contribution in [3.63, 3.8) is 0 Å². The minimum atomic E-state index is 0.344. The van der Waals surface area contributed by atoms with Crippen LogP contribution in [-0.2, 0) is 0 Å². The van der Waals surface area contributed by atoms with Crippen LogP contribution in [0.25, 0.3) is 0 Å². The molecule has 0 aromatic carbocycles. The summed E-state index contributed by atoms with van der Waals surface area (Å²) in [6.07, 6.45) is 2.76. The van der Waals surface area contributed by atoms with Gasteiger partial charge < -0.3 is 0 Å². The van der Waals surface area contributed by atoms with E-state index < -0.39 is 0 Å². The largest absolute Gasteiger partial charge is 0.297 e. The Labute approximate surface area is 100.0 Å². The maximum absolute atomic E-state index is 2.64. The van der Waals surface area contributed by atoms with Crippen LogP contribution in [0.5, 0.6) is 0 Å². The Bertz CT molecular complexity index is 200. The third-order valence-corrected chi connectivity index (χ3v) is 4.27. The van der Waals surface area contributed by atoms with E-state index in [4.69, 9.17) is 0 Å². The third kappa shape index (κ3) is 4.78. The highest BCUT2D eigenvalue weighted by atomic mass is 32.2. The zero-order valence-electron chi connectivity index (χ0n) is 11.3. The zero-order valence-corrected chi connectivity index (χ0v) is 12.1. The molecule has 0 aliphatic carbocycles. The lowest BCUT2D eigenvalue weighted by molar-refractivity contribution is 0.114. The topological polar surface area (TPSA) is 3.24 Å². The smallest absolute Gasteiger partial charge is 0.0180 e. The number of thioether (sulfide) groups is 1. The molecule has 1 saturated heterocycles. The van der Waals surface area contributed by atoms with Crippen molar-refractivity contribution in [3.8, 4) is 0 Å². The SMILES string of the molecule is CC(C)(C)SC1CCCN(C(C)(C)C)C1. The van der Waals surface area contributed by atoms with Gasteiger partial charge in [0.05, 0.1) is 0 Å². The molecule has 0 aromatic heterocycles. The van der Waals surface area contributed by atoms with Gasteiger partial charge in [0, 0.05) is 22.1 Å². The van der Waals surface area contributed by atoms with Gasteiger partial charge in [0.1, 0.15) is 0 Å². The van der Waals surface area contributed by atoms with Crippen LogP contribution < -0.4 is 0 Å². The molecule has 0 aromatic rings. The first-order valence-electron chi connectivity index (χ1n) is 6.11. The number of piperidine rings is 1. The van der Waals surface area contributed by atoms with Crippen LogP contribution in [0.15, 0.2) is 0 Å². The average molecular weight is 229 g/mol. The summed E-state index contributed by atoms with van der Waals surface area (Å²) in [5, 5.41) is 0.831. The predicted octanol–water partition coefficient (Wildman–Crippen LogP) is 3.78. The lowest BCUT2D eigenvalue weighted by Gasteiger charge is -2.42. The highest BCUT2D eigenvalue weighted by molar-refractivity contribution is 8.01. The molecule has 1 unspecified atom stereocenters. The molecular formula is C13H27NS. The quantitative estimate of drug-likeness (QED) is 0.673. The molecule has 90 valence electrons. The van der Waals surface area contributed by atoms with Crippen molar-refractivity contribution in [2.75, 3.05) is 13.1 Å². The predicted molar refractivity (Wildman–Crippen MR) is 71.7 cm³/mol. The van der Waals surface area contributed by atoms with E-state index >= 15 is 0 Å². The van der Waals surface area contributed by atoms with E-state index in [1.807, 2.05) is 0 Å². The van der Waals surface area contributed by atoms with Crippen molar-refractivity contribution < 1.29 is 0 Å². The molecule has 0 bridgehead atoms. The van der Waals surface area contributed by atoms with Crippen molar-refractivity contribution >= 4 is 11.8 Å². The van der Waals surface area contributed by atoms with E-state index in [1.54, 1.807) is 0 Å². The maximum Gasteiger partial charge on any atom is 0.0180 e. The Morgan fingerprint density at radius 3 is 2.13 bits per heavy atom. The van der Waals surface area contributed by atoms with Gasteiger partial charge in [-0.15, -0.1) is 0 Å². The first-order valence-corrected chi connectivity index (χ1v) is 6.99. The van der Waals surface area contributed by atoms with E-state index in [2.05, 4.69) is 58.2 Å². The van der Waals surface area contributed by atoms with E-state index in [0.717, 1.165) is 5.25 Å². The van der Waals surface area contributed by atoms with Gasteiger partial charge in [-0.25, -0.2) is 0 Å². The zero-order chi connectivity index (χ0) is 11.7. The Balaban J connectivity index is 2.50. The fraction of sp³-hybridized carbons (Fsp3) is 1.00. The lowest BCUT2D eigenvalue weighted by atomic mass is 10.0. The first-order chi connectivity index (χ1) is 6.68. The highest BCUT2D eigenvalue weighted by Crippen LogP contribution is 2.34. The normalized spacial score (nSPS) is 25.6. The van der Waals surface area contributed by atoms with Gasteiger partial charge in [-0.3, -0.25) is 4.90 Å². The molecule has 15 heavy (non-hydrogen) atoms. The lowest BCUT2D eigenvalue weighted by Crippen LogP contribution is -2.48. The van der Waals surface area contributed by atoms with Crippen molar-refractivity contribution in [2.45, 2.75) is 69.9 Å². The van der Waals surface area contributed by atoms with Gasteiger partial charge in [-0.2, -0.15) is 11.8 Å². The minimum absolute atomic E-state index is 0.344. The molecule has 0 saturated carbocycles. The molecule has 1 fully saturated rings. The number of likely N-dealkylation sites (tertiary alicyclic amines) is 1. The summed E-state index contributed by atoms with van der Waals surface area (Å²) in [5.41, 5.74) is 0.344. The minimum Gasteiger partial charge on any atom is -0.297 e. The molecule has 0 amide bonds. The molecule has 1 heterocycles. The van der Waals surface area contributed by atoms with Gasteiger partial charge in [0.25, 0.3) is 0 Å². The van der Waals surface area contributed by atoms with Crippen molar-refractivity contribution in [1.82, 2.24) is 4.90 Å². The van der Waals surface area contributed by atoms with E-state index in [9.17, 15) is 0 Å². The molecule has 0 N–H and O–H groups in total. The van der Waals surface area contributed by atoms with Crippen molar-refractivity contribution in [3.05, 3.63) is 0 Å². The fourth-order valence-corrected chi connectivity index (χ4v) is 3.68. The van der Waals surface area contributed by atoms with Crippen LogP contribution >= 0.6 is 11.8 Å². The van der Waals surface area contributed by atoms with Crippen LogP contribution in [0.3, 0.4) is 0 Å². The molecule has 1 nitrogen and oxygen atoms in total. The summed E-state index contributed by atoms with van der Waals surface area (Å²) >= 11 is 2.16. The van der Waals surface area contributed by atoms with Crippen molar-refractivity contribution in [2.24, 2.45) is 0 Å². The van der Waals surface area contributed by atoms with Crippen LogP contribution in [0, 0.1) is 0 Å². The van der Waals surface area contributed by atoms with Crippen molar-refractivity contribution in [1.29, 1.82) is 0 Å². The van der Waals surface area contributed by atoms with Crippen LogP contribution in [-0.4, -0.2) is 33.5 Å². The average Bonchev–Trinajstić information content (AvgIpc) is 1.99. The summed E-state index contributed by atoms with van der Waals surface area (Å²) in [4.78, 5) is 2.64. The number of hydrogen-bond donors (Lipinski definition) is 0. The number of hydrogen-bond acceptors (Lipinski definition) is 2. The number of rotatable bonds is 1. The van der Waals surface area contributed by atoms with Gasteiger partial charge in [-0.1, -0.05) is 20.8 Å². The Hall–Kier alpha value is 0.310. The van der Waals surface area contributed by atoms with Crippen LogP contribution in [0.2, 0.25) is 0 Å². The molecule has 1 aliphatic heterocycles. The summed E-state index contributed by atoms with van der Waals surface area (Å²) in [7, 11) is 0. The second-order valence-electron chi connectivity index (χ2n) is 6.61. The molecule has 2 heteroatoms. The molecule has 1 aliphatic rings. The van der Waals surface area contributed by atoms with Gasteiger partial charge >= 0.3 is 0 Å². The third-order valence-electron chi connectivity index (χ3n) is 2.85. The van der Waals surface area contributed by atoms with Gasteiger partial charge in [-0.05, 0) is 40.2 Å². The monoisotopic (exact) mass is 229 g/mol. The number of nitrogens with zero attached hydrogens (tertiary/aromatic N) is 1. The first kappa shape index (κ1) is 13.4. The van der Waals surface area contributed by atoms with E-state index in [-0.39, 0.29) is 0 Å². The fourth-order valence-electron chi connectivity index (χ4n) is 2.14. The summed E-state index contributed by atoms with van der Waals surface area (Å²) < 4.78 is 0.408. The van der Waals surface area contributed by atoms with Crippen LogP contribution in [0.4, 0.5) is 0 Å². The summed E-state index contributed by atoms with van der Waals surface area (Å²) in [6.45, 7) is 16.5. The Morgan fingerprint density at radius 2 is 1.67 bits per heavy atom. The molecule has 0 radical (unpaired) electrons. The molecule has 1 atom stereocenters. The molecular weight excluding hydrogens is 202 g/mol.